The highest BCUT2D eigenvalue weighted by Gasteiger charge is 2.53. The molecule has 2 amide bonds. The summed E-state index contributed by atoms with van der Waals surface area (Å²) in [4.78, 5) is 38.2. The molecule has 5 atom stereocenters. The molecule has 1 aliphatic heterocycles. The number of carboxylic acid groups (broad SMARTS) is 1. The maximum absolute atomic E-state index is 12.6. The highest BCUT2D eigenvalue weighted by molar-refractivity contribution is 6.01. The van der Waals surface area contributed by atoms with Crippen LogP contribution in [0.15, 0.2) is 6.07 Å². The molecular formula is C17H24N4O4. The van der Waals surface area contributed by atoms with Crippen LogP contribution in [0.25, 0.3) is 0 Å². The molecule has 2 N–H and O–H groups in total. The van der Waals surface area contributed by atoms with Gasteiger partial charge in [-0.25, -0.2) is 0 Å². The van der Waals surface area contributed by atoms with Crippen molar-refractivity contribution in [3.63, 3.8) is 0 Å². The van der Waals surface area contributed by atoms with Crippen molar-refractivity contribution in [2.24, 2.45) is 30.7 Å². The second kappa shape index (κ2) is 6.16. The summed E-state index contributed by atoms with van der Waals surface area (Å²) in [7, 11) is 1.77. The Morgan fingerprint density at radius 2 is 1.92 bits per heavy atom. The first-order valence-electron chi connectivity index (χ1n) is 8.57. The topological polar surface area (TPSA) is 105 Å². The second-order valence-corrected chi connectivity index (χ2v) is 7.22. The number of amides is 2. The molecule has 2 aliphatic rings. The van der Waals surface area contributed by atoms with Gasteiger partial charge in [0.25, 0.3) is 5.91 Å². The summed E-state index contributed by atoms with van der Waals surface area (Å²) < 4.78 is 1.65. The van der Waals surface area contributed by atoms with Gasteiger partial charge in [-0.1, -0.05) is 13.8 Å². The molecule has 0 bridgehead atoms. The number of nitrogens with one attached hydrogen (secondary N) is 1. The number of carbonyl (C=O) groups is 3. The van der Waals surface area contributed by atoms with E-state index in [0.717, 1.165) is 5.69 Å². The second-order valence-electron chi connectivity index (χ2n) is 7.22. The van der Waals surface area contributed by atoms with Crippen molar-refractivity contribution in [3.05, 3.63) is 11.8 Å². The van der Waals surface area contributed by atoms with E-state index in [9.17, 15) is 19.5 Å². The molecule has 3 unspecified atom stereocenters. The predicted molar refractivity (Wildman–Crippen MR) is 89.8 cm³/mol. The molecular weight excluding hydrogens is 324 g/mol. The van der Waals surface area contributed by atoms with Gasteiger partial charge in [0.1, 0.15) is 11.9 Å². The lowest BCUT2D eigenvalue weighted by Crippen LogP contribution is -2.57. The Labute approximate surface area is 146 Å². The van der Waals surface area contributed by atoms with Crippen LogP contribution >= 0.6 is 0 Å². The molecule has 1 aromatic rings. The van der Waals surface area contributed by atoms with Crippen molar-refractivity contribution >= 4 is 23.6 Å². The number of rotatable bonds is 4. The summed E-state index contributed by atoms with van der Waals surface area (Å²) in [5.74, 6) is -2.06. The fourth-order valence-electron chi connectivity index (χ4n) is 4.10. The first-order valence-corrected chi connectivity index (χ1v) is 8.57. The number of aliphatic carboxylic acids is 1. The first kappa shape index (κ1) is 17.4. The molecule has 3 rings (SSSR count). The van der Waals surface area contributed by atoms with Crippen molar-refractivity contribution < 1.29 is 19.5 Å². The summed E-state index contributed by atoms with van der Waals surface area (Å²) in [6.45, 7) is 6.09. The lowest BCUT2D eigenvalue weighted by Gasteiger charge is -2.45. The van der Waals surface area contributed by atoms with E-state index < -0.39 is 23.8 Å². The van der Waals surface area contributed by atoms with E-state index in [-0.39, 0.29) is 23.7 Å². The molecule has 136 valence electrons. The minimum atomic E-state index is -0.949. The average molecular weight is 348 g/mol. The van der Waals surface area contributed by atoms with E-state index in [1.54, 1.807) is 16.6 Å². The third-order valence-corrected chi connectivity index (χ3v) is 5.71. The molecule has 1 saturated carbocycles. The van der Waals surface area contributed by atoms with Crippen molar-refractivity contribution in [3.8, 4) is 0 Å². The number of carbonyl (C=O) groups excluding carboxylic acids is 2. The van der Waals surface area contributed by atoms with E-state index in [4.69, 9.17) is 0 Å². The van der Waals surface area contributed by atoms with Crippen LogP contribution in [0.2, 0.25) is 0 Å². The minimum absolute atomic E-state index is 0.00608. The van der Waals surface area contributed by atoms with Gasteiger partial charge in [0.05, 0.1) is 17.5 Å². The molecule has 25 heavy (non-hydrogen) atoms. The van der Waals surface area contributed by atoms with Crippen LogP contribution in [0.1, 0.15) is 26.0 Å². The van der Waals surface area contributed by atoms with Gasteiger partial charge in [-0.2, -0.15) is 5.10 Å². The quantitative estimate of drug-likeness (QED) is 0.827. The summed E-state index contributed by atoms with van der Waals surface area (Å²) >= 11 is 0. The Morgan fingerprint density at radius 1 is 1.28 bits per heavy atom. The van der Waals surface area contributed by atoms with Crippen LogP contribution in [-0.2, 0) is 21.4 Å². The fraction of sp³-hybridized carbons (Fsp3) is 0.647. The van der Waals surface area contributed by atoms with Gasteiger partial charge in [-0.3, -0.25) is 24.0 Å². The Morgan fingerprint density at radius 3 is 2.48 bits per heavy atom. The summed E-state index contributed by atoms with van der Waals surface area (Å²) in [5, 5.41) is 16.3. The highest BCUT2D eigenvalue weighted by Crippen LogP contribution is 2.46. The van der Waals surface area contributed by atoms with Gasteiger partial charge >= 0.3 is 5.97 Å². The molecule has 2 fully saturated rings. The number of hydrogen-bond acceptors (Lipinski definition) is 4. The highest BCUT2D eigenvalue weighted by atomic mass is 16.4. The van der Waals surface area contributed by atoms with Crippen LogP contribution in [0, 0.1) is 30.6 Å². The molecule has 0 spiro atoms. The number of anilines is 1. The largest absolute Gasteiger partial charge is 0.481 e. The Balaban J connectivity index is 1.68. The number of aromatic nitrogens is 2. The maximum Gasteiger partial charge on any atom is 0.307 e. The molecule has 0 radical (unpaired) electrons. The standard InChI is InChI=1S/C17H24N4O4/c1-8-7-12(20(4)19-8)21-6-5-11(16(21)23)18-15(22)13-9(2)10(3)14(13)17(24)25/h7,9-11,13-14H,5-6H2,1-4H3,(H,18,22)(H,24,25)/t9?,10?,11?,13-,14+/m0/s1. The monoisotopic (exact) mass is 348 g/mol. The number of aryl methyl sites for hydroxylation is 2. The lowest BCUT2D eigenvalue weighted by molar-refractivity contribution is -0.164. The third kappa shape index (κ3) is 2.79. The van der Waals surface area contributed by atoms with Gasteiger partial charge in [0, 0.05) is 19.7 Å². The van der Waals surface area contributed by atoms with Crippen LogP contribution in [0.4, 0.5) is 5.82 Å². The van der Waals surface area contributed by atoms with E-state index in [0.29, 0.717) is 18.8 Å². The van der Waals surface area contributed by atoms with Crippen LogP contribution < -0.4 is 10.2 Å². The summed E-state index contributed by atoms with van der Waals surface area (Å²) in [6, 6.07) is 1.22. The SMILES string of the molecule is Cc1cc(N2CCC(NC(=O)[C@H]3C(C)C(C)[C@H]3C(=O)O)C2=O)n(C)n1. The van der Waals surface area contributed by atoms with Gasteiger partial charge in [-0.05, 0) is 25.2 Å². The Kier molecular flexibility index (Phi) is 4.30. The third-order valence-electron chi connectivity index (χ3n) is 5.71. The minimum Gasteiger partial charge on any atom is -0.481 e. The van der Waals surface area contributed by atoms with Gasteiger partial charge < -0.3 is 10.4 Å². The van der Waals surface area contributed by atoms with Crippen LogP contribution in [0.5, 0.6) is 0 Å². The van der Waals surface area contributed by atoms with Gasteiger partial charge in [0.2, 0.25) is 5.91 Å². The maximum atomic E-state index is 12.6. The van der Waals surface area contributed by atoms with E-state index in [1.165, 1.54) is 0 Å². The van der Waals surface area contributed by atoms with E-state index >= 15 is 0 Å². The number of nitrogens with zero attached hydrogens (tertiary/aromatic N) is 3. The van der Waals surface area contributed by atoms with E-state index in [1.807, 2.05) is 26.8 Å². The van der Waals surface area contributed by atoms with Crippen molar-refractivity contribution in [1.82, 2.24) is 15.1 Å². The molecule has 2 heterocycles. The van der Waals surface area contributed by atoms with E-state index in [2.05, 4.69) is 10.4 Å². The van der Waals surface area contributed by atoms with Crippen molar-refractivity contribution in [2.45, 2.75) is 33.2 Å². The smallest absolute Gasteiger partial charge is 0.307 e. The van der Waals surface area contributed by atoms with Gasteiger partial charge in [-0.15, -0.1) is 0 Å². The number of hydrogen-bond donors (Lipinski definition) is 2. The molecule has 8 nitrogen and oxygen atoms in total. The lowest BCUT2D eigenvalue weighted by atomic mass is 9.57. The molecule has 0 aromatic carbocycles. The van der Waals surface area contributed by atoms with Crippen LogP contribution in [-0.4, -0.2) is 45.3 Å². The summed E-state index contributed by atoms with van der Waals surface area (Å²) in [6.07, 6.45) is 0.503. The van der Waals surface area contributed by atoms with Crippen LogP contribution in [0.3, 0.4) is 0 Å². The Hall–Kier alpha value is -2.38. The average Bonchev–Trinajstić information content (AvgIpc) is 3.05. The first-order chi connectivity index (χ1) is 11.7. The normalized spacial score (nSPS) is 31.8. The van der Waals surface area contributed by atoms with Gasteiger partial charge in [0.15, 0.2) is 0 Å². The predicted octanol–water partition coefficient (Wildman–Crippen LogP) is 0.553. The fourth-order valence-corrected chi connectivity index (χ4v) is 4.10. The van der Waals surface area contributed by atoms with Crippen molar-refractivity contribution in [2.75, 3.05) is 11.4 Å². The van der Waals surface area contributed by atoms with Crippen molar-refractivity contribution in [1.29, 1.82) is 0 Å². The Bertz CT molecular complexity index is 728. The zero-order valence-electron chi connectivity index (χ0n) is 14.9. The molecule has 1 aromatic heterocycles. The zero-order valence-corrected chi connectivity index (χ0v) is 14.9. The number of carboxylic acids is 1. The molecule has 1 aliphatic carbocycles. The summed E-state index contributed by atoms with van der Waals surface area (Å²) in [5.41, 5.74) is 0.819. The molecule has 1 saturated heterocycles. The molecule has 8 heteroatoms. The zero-order chi connectivity index (χ0) is 18.5.